The largest absolute Gasteiger partial charge is 0.454 e. The summed E-state index contributed by atoms with van der Waals surface area (Å²) in [5.74, 6) is -0.864. The number of rotatable bonds is 6. The van der Waals surface area contributed by atoms with Crippen molar-refractivity contribution >= 4 is 45.6 Å². The van der Waals surface area contributed by atoms with E-state index in [4.69, 9.17) is 21.3 Å². The lowest BCUT2D eigenvalue weighted by Gasteiger charge is -2.10. The Morgan fingerprint density at radius 1 is 0.794 bits per heavy atom. The van der Waals surface area contributed by atoms with Gasteiger partial charge in [-0.3, -0.25) is 4.79 Å². The van der Waals surface area contributed by atoms with Crippen molar-refractivity contribution in [2.75, 3.05) is 6.61 Å². The molecule has 0 radical (unpaired) electrons. The molecular weight excluding hydrogens is 466 g/mol. The Morgan fingerprint density at radius 2 is 1.47 bits per heavy atom. The number of thiophene rings is 1. The summed E-state index contributed by atoms with van der Waals surface area (Å²) in [5.41, 5.74) is 4.80. The van der Waals surface area contributed by atoms with Crippen LogP contribution < -0.4 is 0 Å². The van der Waals surface area contributed by atoms with Crippen molar-refractivity contribution in [3.63, 3.8) is 0 Å². The number of Topliss-reactive ketones (excluding diaryl/α,β-unsaturated/α-hetero) is 1. The summed E-state index contributed by atoms with van der Waals surface area (Å²) in [7, 11) is 0. The number of hydrogen-bond donors (Lipinski definition) is 0. The molecule has 166 valence electrons. The van der Waals surface area contributed by atoms with Gasteiger partial charge >= 0.3 is 5.97 Å². The number of para-hydroxylation sites is 1. The van der Waals surface area contributed by atoms with Gasteiger partial charge in [-0.05, 0) is 35.4 Å². The van der Waals surface area contributed by atoms with Crippen molar-refractivity contribution < 1.29 is 14.3 Å². The number of pyridine rings is 1. The molecule has 0 amide bonds. The molecule has 2 aromatic heterocycles. The van der Waals surface area contributed by atoms with Crippen LogP contribution >= 0.6 is 22.9 Å². The van der Waals surface area contributed by atoms with Gasteiger partial charge in [-0.1, -0.05) is 84.4 Å². The molecule has 0 aliphatic carbocycles. The number of benzene rings is 3. The molecular formula is C28H18ClNO3S. The molecule has 3 aromatic carbocycles. The topological polar surface area (TPSA) is 56.3 Å². The van der Waals surface area contributed by atoms with E-state index in [1.807, 2.05) is 66.7 Å². The Labute approximate surface area is 205 Å². The zero-order chi connectivity index (χ0) is 23.5. The van der Waals surface area contributed by atoms with E-state index in [2.05, 4.69) is 12.1 Å². The molecule has 0 spiro atoms. The van der Waals surface area contributed by atoms with Gasteiger partial charge in [-0.15, -0.1) is 11.3 Å². The second-order valence-corrected chi connectivity index (χ2v) is 9.33. The van der Waals surface area contributed by atoms with Crippen molar-refractivity contribution in [2.24, 2.45) is 0 Å². The van der Waals surface area contributed by atoms with Crippen LogP contribution in [0.25, 0.3) is 33.3 Å². The van der Waals surface area contributed by atoms with Gasteiger partial charge in [-0.2, -0.15) is 0 Å². The summed E-state index contributed by atoms with van der Waals surface area (Å²) in [6.45, 7) is -0.354. The van der Waals surface area contributed by atoms with E-state index >= 15 is 0 Å². The van der Waals surface area contributed by atoms with Gasteiger partial charge < -0.3 is 4.74 Å². The first-order valence-corrected chi connectivity index (χ1v) is 11.8. The Bertz CT molecular complexity index is 1490. The molecule has 6 heteroatoms. The average molecular weight is 484 g/mol. The second kappa shape index (κ2) is 9.59. The normalized spacial score (nSPS) is 10.9. The maximum absolute atomic E-state index is 13.0. The van der Waals surface area contributed by atoms with E-state index in [1.165, 1.54) is 0 Å². The quantitative estimate of drug-likeness (QED) is 0.187. The average Bonchev–Trinajstić information content (AvgIpc) is 3.33. The molecule has 0 saturated carbocycles. The number of nitrogens with zero attached hydrogens (tertiary/aromatic N) is 1. The molecule has 0 aliphatic heterocycles. The molecule has 0 atom stereocenters. The highest BCUT2D eigenvalue weighted by molar-refractivity contribution is 7.18. The third-order valence-corrected chi connectivity index (χ3v) is 6.68. The lowest BCUT2D eigenvalue weighted by molar-refractivity contribution is 0.0478. The molecule has 0 bridgehead atoms. The van der Waals surface area contributed by atoms with Crippen LogP contribution in [0.5, 0.6) is 0 Å². The third kappa shape index (κ3) is 4.62. The Morgan fingerprint density at radius 3 is 2.21 bits per heavy atom. The van der Waals surface area contributed by atoms with Crippen molar-refractivity contribution in [1.82, 2.24) is 4.98 Å². The highest BCUT2D eigenvalue weighted by Gasteiger charge is 2.18. The molecule has 4 nitrogen and oxygen atoms in total. The molecule has 34 heavy (non-hydrogen) atoms. The first-order valence-electron chi connectivity index (χ1n) is 10.6. The Kier molecular flexibility index (Phi) is 6.21. The summed E-state index contributed by atoms with van der Waals surface area (Å²) in [5, 5.41) is 0.670. The smallest absolute Gasteiger partial charge is 0.339 e. The summed E-state index contributed by atoms with van der Waals surface area (Å²) < 4.78 is 5.89. The number of ether oxygens (including phenoxy) is 1. The summed E-state index contributed by atoms with van der Waals surface area (Å²) in [6, 6.07) is 30.5. The van der Waals surface area contributed by atoms with Crippen LogP contribution in [0.1, 0.15) is 20.0 Å². The monoisotopic (exact) mass is 483 g/mol. The highest BCUT2D eigenvalue weighted by atomic mass is 35.5. The highest BCUT2D eigenvalue weighted by Crippen LogP contribution is 2.28. The zero-order valence-electron chi connectivity index (χ0n) is 17.9. The number of esters is 1. The molecule has 0 saturated heterocycles. The van der Waals surface area contributed by atoms with Crippen molar-refractivity contribution in [1.29, 1.82) is 0 Å². The predicted molar refractivity (Wildman–Crippen MR) is 137 cm³/mol. The maximum atomic E-state index is 13.0. The molecule has 0 fully saturated rings. The van der Waals surface area contributed by atoms with Crippen LogP contribution in [0.4, 0.5) is 0 Å². The van der Waals surface area contributed by atoms with Gasteiger partial charge in [0, 0.05) is 10.9 Å². The van der Waals surface area contributed by atoms with Crippen LogP contribution in [-0.4, -0.2) is 23.3 Å². The van der Waals surface area contributed by atoms with Crippen LogP contribution in [0.3, 0.4) is 0 Å². The van der Waals surface area contributed by atoms with E-state index in [9.17, 15) is 9.59 Å². The van der Waals surface area contributed by atoms with Crippen LogP contribution in [0.15, 0.2) is 97.1 Å². The van der Waals surface area contributed by atoms with Gasteiger partial charge in [0.25, 0.3) is 0 Å². The fourth-order valence-corrected chi connectivity index (χ4v) is 4.67. The first kappa shape index (κ1) is 22.0. The summed E-state index contributed by atoms with van der Waals surface area (Å²) in [4.78, 5) is 30.6. The van der Waals surface area contributed by atoms with Gasteiger partial charge in [-0.25, -0.2) is 9.78 Å². The van der Waals surface area contributed by atoms with Crippen LogP contribution in [0.2, 0.25) is 4.34 Å². The second-order valence-electron chi connectivity index (χ2n) is 7.62. The number of carbonyl (C=O) groups is 2. The number of carbonyl (C=O) groups excluding carboxylic acids is 2. The van der Waals surface area contributed by atoms with Crippen LogP contribution in [0, 0.1) is 0 Å². The SMILES string of the molecule is O=C(COC(=O)c1cc(-c2ccc(-c3ccccc3)cc2)nc2ccccc12)c1ccc(Cl)s1. The fourth-order valence-electron chi connectivity index (χ4n) is 3.70. The number of hydrogen-bond acceptors (Lipinski definition) is 5. The zero-order valence-corrected chi connectivity index (χ0v) is 19.5. The lowest BCUT2D eigenvalue weighted by Crippen LogP contribution is -2.14. The van der Waals surface area contributed by atoms with E-state index in [0.29, 0.717) is 31.4 Å². The Balaban J connectivity index is 1.44. The summed E-state index contributed by atoms with van der Waals surface area (Å²) in [6.07, 6.45) is 0. The number of ketones is 1. The van der Waals surface area contributed by atoms with Gasteiger partial charge in [0.2, 0.25) is 5.78 Å². The minimum absolute atomic E-state index is 0.291. The molecule has 2 heterocycles. The lowest BCUT2D eigenvalue weighted by atomic mass is 10.0. The van der Waals surface area contributed by atoms with E-state index in [1.54, 1.807) is 18.2 Å². The van der Waals surface area contributed by atoms with E-state index in [-0.39, 0.29) is 12.4 Å². The van der Waals surface area contributed by atoms with Gasteiger partial charge in [0.05, 0.1) is 26.0 Å². The standard InChI is InChI=1S/C28H18ClNO3S/c29-27-15-14-26(34-27)25(31)17-33-28(32)22-16-24(30-23-9-5-4-8-21(22)23)20-12-10-19(11-13-20)18-6-2-1-3-7-18/h1-16H,17H2. The fraction of sp³-hybridized carbons (Fsp3) is 0.0357. The number of aromatic nitrogens is 1. The molecule has 0 unspecified atom stereocenters. The number of halogens is 1. The van der Waals surface area contributed by atoms with Crippen molar-refractivity contribution in [2.45, 2.75) is 0 Å². The van der Waals surface area contributed by atoms with E-state index in [0.717, 1.165) is 28.0 Å². The van der Waals surface area contributed by atoms with Crippen molar-refractivity contribution in [3.05, 3.63) is 112 Å². The maximum Gasteiger partial charge on any atom is 0.339 e. The van der Waals surface area contributed by atoms with Gasteiger partial charge in [0.15, 0.2) is 6.61 Å². The minimum atomic E-state index is -0.572. The summed E-state index contributed by atoms with van der Waals surface area (Å²) >= 11 is 7.06. The molecule has 0 N–H and O–H groups in total. The Hall–Kier alpha value is -3.80. The molecule has 0 aliphatic rings. The third-order valence-electron chi connectivity index (χ3n) is 5.41. The van der Waals surface area contributed by atoms with Crippen molar-refractivity contribution in [3.8, 4) is 22.4 Å². The molecule has 5 rings (SSSR count). The number of fused-ring (bicyclic) bond motifs is 1. The predicted octanol–water partition coefficient (Wildman–Crippen LogP) is 7.32. The minimum Gasteiger partial charge on any atom is -0.454 e. The van der Waals surface area contributed by atoms with Crippen LogP contribution in [-0.2, 0) is 4.74 Å². The first-order chi connectivity index (χ1) is 16.6. The van der Waals surface area contributed by atoms with E-state index < -0.39 is 5.97 Å². The van der Waals surface area contributed by atoms with Gasteiger partial charge in [0.1, 0.15) is 0 Å². The molecule has 5 aromatic rings.